The van der Waals surface area contributed by atoms with Crippen LogP contribution < -0.4 is 4.90 Å². The van der Waals surface area contributed by atoms with Crippen LogP contribution >= 0.6 is 0 Å². The third kappa shape index (κ3) is 4.94. The lowest BCUT2D eigenvalue weighted by atomic mass is 10.0. The normalized spacial score (nSPS) is 18.9. The Morgan fingerprint density at radius 2 is 1.65 bits per heavy atom. The molecule has 2 saturated heterocycles. The van der Waals surface area contributed by atoms with Crippen molar-refractivity contribution >= 4 is 21.9 Å². The molecule has 0 aliphatic carbocycles. The van der Waals surface area contributed by atoms with E-state index in [1.807, 2.05) is 13.1 Å². The van der Waals surface area contributed by atoms with Gasteiger partial charge in [-0.15, -0.1) is 0 Å². The number of aromatic nitrogens is 1. The van der Waals surface area contributed by atoms with Gasteiger partial charge in [-0.3, -0.25) is 0 Å². The topological polar surface area (TPSA) is 56.8 Å². The lowest BCUT2D eigenvalue weighted by Gasteiger charge is -2.32. The minimum Gasteiger partial charge on any atom is -0.356 e. The van der Waals surface area contributed by atoms with Gasteiger partial charge in [-0.2, -0.15) is 4.31 Å². The molecule has 0 unspecified atom stereocenters. The molecule has 9 heteroatoms. The van der Waals surface area contributed by atoms with Gasteiger partial charge in [0.2, 0.25) is 10.0 Å². The monoisotopic (exact) mass is 448 g/mol. The van der Waals surface area contributed by atoms with Crippen LogP contribution in [0.5, 0.6) is 0 Å². The van der Waals surface area contributed by atoms with Crippen molar-refractivity contribution in [1.82, 2.24) is 14.2 Å². The van der Waals surface area contributed by atoms with Crippen LogP contribution in [0.25, 0.3) is 6.08 Å². The number of piperazine rings is 1. The van der Waals surface area contributed by atoms with Gasteiger partial charge < -0.3 is 9.80 Å². The summed E-state index contributed by atoms with van der Waals surface area (Å²) in [5.41, 5.74) is 1.82. The molecule has 2 aromatic rings. The van der Waals surface area contributed by atoms with E-state index in [2.05, 4.69) is 14.8 Å². The van der Waals surface area contributed by atoms with Crippen molar-refractivity contribution in [3.63, 3.8) is 0 Å². The van der Waals surface area contributed by atoms with Crippen molar-refractivity contribution < 1.29 is 17.2 Å². The second-order valence-electron chi connectivity index (χ2n) is 8.02. The fourth-order valence-corrected chi connectivity index (χ4v) is 5.26. The molecule has 1 aromatic carbocycles. The van der Waals surface area contributed by atoms with E-state index in [-0.39, 0.29) is 4.90 Å². The van der Waals surface area contributed by atoms with Crippen molar-refractivity contribution in [2.24, 2.45) is 0 Å². The summed E-state index contributed by atoms with van der Waals surface area (Å²) in [5.74, 6) is -0.951. The number of anilines is 1. The molecule has 2 aliphatic rings. The summed E-state index contributed by atoms with van der Waals surface area (Å²) >= 11 is 0. The lowest BCUT2D eigenvalue weighted by molar-refractivity contribution is 0.222. The summed E-state index contributed by atoms with van der Waals surface area (Å²) in [7, 11) is -1.54. The average Bonchev–Trinajstić information content (AvgIpc) is 2.77. The molecule has 0 radical (unpaired) electrons. The van der Waals surface area contributed by atoms with Crippen LogP contribution in [0.3, 0.4) is 0 Å². The number of piperidine rings is 1. The molecule has 0 bridgehead atoms. The molecule has 0 atom stereocenters. The summed E-state index contributed by atoms with van der Waals surface area (Å²) in [5, 5.41) is 0. The van der Waals surface area contributed by atoms with Gasteiger partial charge in [0.05, 0.1) is 0 Å². The summed E-state index contributed by atoms with van der Waals surface area (Å²) in [4.78, 5) is 8.84. The van der Waals surface area contributed by atoms with Crippen molar-refractivity contribution in [3.8, 4) is 0 Å². The molecule has 4 rings (SSSR count). The maximum atomic E-state index is 13.4. The third-order valence-corrected chi connectivity index (χ3v) is 7.75. The number of pyridine rings is 1. The fourth-order valence-electron chi connectivity index (χ4n) is 3.89. The van der Waals surface area contributed by atoms with Crippen LogP contribution in [-0.2, 0) is 10.0 Å². The van der Waals surface area contributed by atoms with Crippen LogP contribution in [-0.4, -0.2) is 68.9 Å². The smallest absolute Gasteiger partial charge is 0.244 e. The van der Waals surface area contributed by atoms with E-state index in [9.17, 15) is 17.2 Å². The number of hydrogen-bond donors (Lipinski definition) is 0. The highest BCUT2D eigenvalue weighted by molar-refractivity contribution is 7.89. The minimum atomic E-state index is -3.52. The van der Waals surface area contributed by atoms with Crippen molar-refractivity contribution in [2.45, 2.75) is 17.7 Å². The first-order chi connectivity index (χ1) is 14.8. The number of benzene rings is 1. The van der Waals surface area contributed by atoms with E-state index in [0.717, 1.165) is 56.5 Å². The molecule has 2 aliphatic heterocycles. The summed E-state index contributed by atoms with van der Waals surface area (Å²) in [6, 6.07) is 7.29. The Bertz CT molecular complexity index is 1060. The number of rotatable bonds is 4. The Morgan fingerprint density at radius 3 is 2.26 bits per heavy atom. The van der Waals surface area contributed by atoms with E-state index in [1.165, 1.54) is 16.6 Å². The molecule has 6 nitrogen and oxygen atoms in total. The highest BCUT2D eigenvalue weighted by Gasteiger charge is 2.28. The molecule has 0 saturated carbocycles. The number of nitrogens with zero attached hydrogens (tertiary/aromatic N) is 4. The van der Waals surface area contributed by atoms with Crippen LogP contribution in [0.2, 0.25) is 0 Å². The van der Waals surface area contributed by atoms with Gasteiger partial charge in [-0.05, 0) is 49.7 Å². The predicted octanol–water partition coefficient (Wildman–Crippen LogP) is 2.98. The maximum Gasteiger partial charge on any atom is 0.244 e. The van der Waals surface area contributed by atoms with Gasteiger partial charge in [0.1, 0.15) is 10.7 Å². The van der Waals surface area contributed by atoms with Gasteiger partial charge in [-0.25, -0.2) is 22.2 Å². The fraction of sp³-hybridized carbons (Fsp3) is 0.409. The summed E-state index contributed by atoms with van der Waals surface area (Å²) in [6.07, 6.45) is 4.90. The van der Waals surface area contributed by atoms with Crippen molar-refractivity contribution in [2.75, 3.05) is 51.2 Å². The minimum absolute atomic E-state index is 0.219. The number of likely N-dealkylation sites (N-methyl/N-ethyl adjacent to an activating group) is 1. The van der Waals surface area contributed by atoms with E-state index in [4.69, 9.17) is 0 Å². The molecule has 31 heavy (non-hydrogen) atoms. The molecule has 0 amide bonds. The highest BCUT2D eigenvalue weighted by atomic mass is 32.2. The number of sulfonamides is 1. The zero-order chi connectivity index (χ0) is 22.0. The summed E-state index contributed by atoms with van der Waals surface area (Å²) in [6.45, 7) is 3.87. The zero-order valence-corrected chi connectivity index (χ0v) is 18.3. The Morgan fingerprint density at radius 1 is 0.935 bits per heavy atom. The van der Waals surface area contributed by atoms with Gasteiger partial charge in [0.25, 0.3) is 0 Å². The SMILES string of the molecule is CN1CCN(S(=O)(=O)c2ccc(N3CCC(=Cc4ccc(F)c(F)c4)CC3)nc2)CC1. The molecular weight excluding hydrogens is 422 g/mol. The first-order valence-electron chi connectivity index (χ1n) is 10.4. The lowest BCUT2D eigenvalue weighted by Crippen LogP contribution is -2.47. The Kier molecular flexibility index (Phi) is 6.36. The maximum absolute atomic E-state index is 13.4. The molecular formula is C22H26F2N4O2S. The Labute approximate surface area is 181 Å². The van der Waals surface area contributed by atoms with Crippen molar-refractivity contribution in [3.05, 3.63) is 59.3 Å². The molecule has 3 heterocycles. The summed E-state index contributed by atoms with van der Waals surface area (Å²) < 4.78 is 53.7. The standard InChI is InChI=1S/C22H26F2N4O2S/c1-26-10-12-28(13-11-26)31(29,30)19-3-5-22(25-16-19)27-8-6-17(7-9-27)14-18-2-4-20(23)21(24)15-18/h2-5,14-16H,6-13H2,1H3. The molecule has 2 fully saturated rings. The number of hydrogen-bond acceptors (Lipinski definition) is 5. The van der Waals surface area contributed by atoms with Crippen molar-refractivity contribution in [1.29, 1.82) is 0 Å². The largest absolute Gasteiger partial charge is 0.356 e. The van der Waals surface area contributed by atoms with Crippen LogP contribution in [0.1, 0.15) is 18.4 Å². The van der Waals surface area contributed by atoms with Crippen LogP contribution in [0.4, 0.5) is 14.6 Å². The zero-order valence-electron chi connectivity index (χ0n) is 17.5. The van der Waals surface area contributed by atoms with Crippen LogP contribution in [0.15, 0.2) is 47.0 Å². The molecule has 1 aromatic heterocycles. The molecule has 0 N–H and O–H groups in total. The first-order valence-corrected chi connectivity index (χ1v) is 11.8. The second-order valence-corrected chi connectivity index (χ2v) is 9.96. The average molecular weight is 449 g/mol. The van der Waals surface area contributed by atoms with Gasteiger partial charge >= 0.3 is 0 Å². The Balaban J connectivity index is 1.39. The van der Waals surface area contributed by atoms with Gasteiger partial charge in [0.15, 0.2) is 11.6 Å². The third-order valence-electron chi connectivity index (χ3n) is 5.86. The first kappa shape index (κ1) is 21.9. The number of halogens is 2. The van der Waals surface area contributed by atoms with Crippen LogP contribution in [0, 0.1) is 11.6 Å². The molecule has 0 spiro atoms. The highest BCUT2D eigenvalue weighted by Crippen LogP contribution is 2.25. The quantitative estimate of drug-likeness (QED) is 0.720. The van der Waals surface area contributed by atoms with Gasteiger partial charge in [-0.1, -0.05) is 17.7 Å². The van der Waals surface area contributed by atoms with E-state index >= 15 is 0 Å². The van der Waals surface area contributed by atoms with E-state index < -0.39 is 21.7 Å². The van der Waals surface area contributed by atoms with E-state index in [1.54, 1.807) is 18.2 Å². The van der Waals surface area contributed by atoms with E-state index in [0.29, 0.717) is 18.7 Å². The second kappa shape index (κ2) is 9.02. The predicted molar refractivity (Wildman–Crippen MR) is 116 cm³/mol. The van der Waals surface area contributed by atoms with Gasteiger partial charge in [0, 0.05) is 45.5 Å². The molecule has 166 valence electrons. The Hall–Kier alpha value is -2.36.